The van der Waals surface area contributed by atoms with Crippen LogP contribution in [0.5, 0.6) is 0 Å². The molecule has 0 saturated heterocycles. The van der Waals surface area contributed by atoms with Crippen molar-refractivity contribution in [2.24, 2.45) is 0 Å². The van der Waals surface area contributed by atoms with Gasteiger partial charge in [-0.05, 0) is 38.5 Å². The van der Waals surface area contributed by atoms with Gasteiger partial charge in [0.25, 0.3) is 0 Å². The zero-order valence-corrected chi connectivity index (χ0v) is 8.70. The van der Waals surface area contributed by atoms with Crippen LogP contribution >= 0.6 is 0 Å². The second-order valence-electron chi connectivity index (χ2n) is 3.56. The molecule has 0 aliphatic carbocycles. The highest BCUT2D eigenvalue weighted by atomic mass is 15.3. The van der Waals surface area contributed by atoms with Crippen molar-refractivity contribution >= 4 is 0 Å². The molecular formula is C12H13N2. The molecule has 1 heterocycles. The molecule has 0 saturated carbocycles. The zero-order valence-electron chi connectivity index (χ0n) is 8.70. The van der Waals surface area contributed by atoms with Gasteiger partial charge in [-0.1, -0.05) is 12.1 Å². The molecule has 2 nitrogen and oxygen atoms in total. The summed E-state index contributed by atoms with van der Waals surface area (Å²) in [6, 6.07) is 11.4. The number of aryl methyl sites for hydroxylation is 3. The average Bonchev–Trinajstić information content (AvgIpc) is 2.45. The molecule has 2 aromatic rings. The van der Waals surface area contributed by atoms with Gasteiger partial charge < -0.3 is 0 Å². The second kappa shape index (κ2) is 3.29. The van der Waals surface area contributed by atoms with Gasteiger partial charge in [0.05, 0.1) is 11.4 Å². The molecule has 1 aromatic heterocycles. The molecule has 0 N–H and O–H groups in total. The van der Waals surface area contributed by atoms with Gasteiger partial charge in [0.15, 0.2) is 0 Å². The first-order valence-corrected chi connectivity index (χ1v) is 4.69. The molecule has 2 rings (SSSR count). The number of benzene rings is 1. The van der Waals surface area contributed by atoms with Crippen LogP contribution in [0.1, 0.15) is 17.0 Å². The first kappa shape index (κ1) is 9.00. The van der Waals surface area contributed by atoms with E-state index in [1.54, 1.807) is 0 Å². The van der Waals surface area contributed by atoms with Crippen LogP contribution in [0.2, 0.25) is 0 Å². The van der Waals surface area contributed by atoms with Crippen LogP contribution in [-0.4, -0.2) is 9.78 Å². The van der Waals surface area contributed by atoms with Crippen LogP contribution in [0, 0.1) is 26.8 Å². The molecule has 0 atom stereocenters. The third kappa shape index (κ3) is 1.55. The first-order valence-electron chi connectivity index (χ1n) is 4.69. The molecule has 1 aromatic carbocycles. The van der Waals surface area contributed by atoms with Crippen molar-refractivity contribution in [3.8, 4) is 5.69 Å². The smallest absolute Gasteiger partial charge is 0.0730 e. The lowest BCUT2D eigenvalue weighted by Crippen LogP contribution is -1.99. The quantitative estimate of drug-likeness (QED) is 0.667. The molecule has 14 heavy (non-hydrogen) atoms. The van der Waals surface area contributed by atoms with Crippen LogP contribution in [0.15, 0.2) is 24.3 Å². The molecular weight excluding hydrogens is 172 g/mol. The van der Waals surface area contributed by atoms with Crippen LogP contribution in [0.25, 0.3) is 5.69 Å². The zero-order chi connectivity index (χ0) is 10.1. The maximum atomic E-state index is 4.41. The largest absolute Gasteiger partial charge is 0.237 e. The topological polar surface area (TPSA) is 17.8 Å². The van der Waals surface area contributed by atoms with E-state index in [1.807, 2.05) is 36.7 Å². The monoisotopic (exact) mass is 185 g/mol. The summed E-state index contributed by atoms with van der Waals surface area (Å²) in [5, 5.41) is 4.41. The van der Waals surface area contributed by atoms with E-state index in [2.05, 4.69) is 24.2 Å². The summed E-state index contributed by atoms with van der Waals surface area (Å²) in [5.74, 6) is 0. The lowest BCUT2D eigenvalue weighted by Gasteiger charge is -2.03. The maximum Gasteiger partial charge on any atom is 0.0730 e. The number of rotatable bonds is 1. The van der Waals surface area contributed by atoms with Crippen molar-refractivity contribution in [3.63, 3.8) is 0 Å². The van der Waals surface area contributed by atoms with Crippen LogP contribution in [0.4, 0.5) is 0 Å². The maximum absolute atomic E-state index is 4.41. The highest BCUT2D eigenvalue weighted by Gasteiger charge is 2.02. The minimum atomic E-state index is 1.01. The Hall–Kier alpha value is -1.57. The summed E-state index contributed by atoms with van der Waals surface area (Å²) in [7, 11) is 0. The molecule has 0 unspecified atom stereocenters. The van der Waals surface area contributed by atoms with Crippen molar-refractivity contribution in [2.45, 2.75) is 20.8 Å². The van der Waals surface area contributed by atoms with Crippen molar-refractivity contribution in [1.82, 2.24) is 9.78 Å². The fourth-order valence-electron chi connectivity index (χ4n) is 1.57. The van der Waals surface area contributed by atoms with E-state index < -0.39 is 0 Å². The Morgan fingerprint density at radius 1 is 1.21 bits per heavy atom. The van der Waals surface area contributed by atoms with Gasteiger partial charge in [-0.25, -0.2) is 4.68 Å². The summed E-state index contributed by atoms with van der Waals surface area (Å²) in [6.45, 7) is 6.09. The average molecular weight is 185 g/mol. The fraction of sp³-hybridized carbons (Fsp3) is 0.250. The minimum Gasteiger partial charge on any atom is -0.237 e. The Bertz CT molecular complexity index is 455. The molecule has 2 heteroatoms. The van der Waals surface area contributed by atoms with E-state index >= 15 is 0 Å². The van der Waals surface area contributed by atoms with Crippen molar-refractivity contribution in [3.05, 3.63) is 47.3 Å². The van der Waals surface area contributed by atoms with Crippen molar-refractivity contribution in [2.75, 3.05) is 0 Å². The molecule has 1 radical (unpaired) electrons. The van der Waals surface area contributed by atoms with E-state index in [0.29, 0.717) is 0 Å². The Balaban J connectivity index is 2.54. The Kier molecular flexibility index (Phi) is 2.12. The third-order valence-electron chi connectivity index (χ3n) is 2.16. The molecule has 0 aliphatic heterocycles. The number of aromatic nitrogens is 2. The Labute approximate surface area is 84.2 Å². The van der Waals surface area contributed by atoms with Gasteiger partial charge in [0.2, 0.25) is 0 Å². The van der Waals surface area contributed by atoms with Crippen LogP contribution in [-0.2, 0) is 0 Å². The molecule has 0 fully saturated rings. The summed E-state index contributed by atoms with van der Waals surface area (Å²) >= 11 is 0. The normalized spacial score (nSPS) is 10.5. The summed E-state index contributed by atoms with van der Waals surface area (Å²) < 4.78 is 1.92. The van der Waals surface area contributed by atoms with Gasteiger partial charge in [0, 0.05) is 11.8 Å². The second-order valence-corrected chi connectivity index (χ2v) is 3.56. The molecule has 71 valence electrons. The summed E-state index contributed by atoms with van der Waals surface area (Å²) in [5.41, 5.74) is 4.33. The van der Waals surface area contributed by atoms with Gasteiger partial charge in [-0.15, -0.1) is 0 Å². The summed E-state index contributed by atoms with van der Waals surface area (Å²) in [6.07, 6.45) is 0. The highest BCUT2D eigenvalue weighted by molar-refractivity contribution is 5.35. The van der Waals surface area contributed by atoms with E-state index in [9.17, 15) is 0 Å². The van der Waals surface area contributed by atoms with Gasteiger partial charge >= 0.3 is 0 Å². The summed E-state index contributed by atoms with van der Waals surface area (Å²) in [4.78, 5) is 0. The third-order valence-corrected chi connectivity index (χ3v) is 2.16. The van der Waals surface area contributed by atoms with E-state index in [1.165, 1.54) is 0 Å². The number of hydrogen-bond acceptors (Lipinski definition) is 1. The standard InChI is InChI=1S/C12H13N2/c1-9-5-4-6-12(7-9)14-11(3)8-10(2)13-14/h4-6,8H,1-3H3. The predicted molar refractivity (Wildman–Crippen MR) is 56.6 cm³/mol. The molecule has 0 amide bonds. The van der Waals surface area contributed by atoms with Crippen LogP contribution in [0.3, 0.4) is 0 Å². The van der Waals surface area contributed by atoms with Gasteiger partial charge in [-0.2, -0.15) is 5.10 Å². The lowest BCUT2D eigenvalue weighted by molar-refractivity contribution is 0.831. The van der Waals surface area contributed by atoms with E-state index in [-0.39, 0.29) is 0 Å². The van der Waals surface area contributed by atoms with Gasteiger partial charge in [-0.3, -0.25) is 0 Å². The first-order chi connectivity index (χ1) is 6.66. The predicted octanol–water partition coefficient (Wildman–Crippen LogP) is 2.60. The molecule has 0 spiro atoms. The van der Waals surface area contributed by atoms with Crippen molar-refractivity contribution < 1.29 is 0 Å². The van der Waals surface area contributed by atoms with Gasteiger partial charge in [0.1, 0.15) is 0 Å². The molecule has 0 aliphatic rings. The van der Waals surface area contributed by atoms with Crippen molar-refractivity contribution in [1.29, 1.82) is 0 Å². The SMILES string of the molecule is Cc1[c]c(-n2nc(C)cc2C)ccc1. The van der Waals surface area contributed by atoms with Crippen LogP contribution < -0.4 is 0 Å². The lowest BCUT2D eigenvalue weighted by atomic mass is 10.2. The highest BCUT2D eigenvalue weighted by Crippen LogP contribution is 2.12. The van der Waals surface area contributed by atoms with E-state index in [0.717, 1.165) is 22.6 Å². The fourth-order valence-corrected chi connectivity index (χ4v) is 1.57. The Morgan fingerprint density at radius 3 is 2.57 bits per heavy atom. The Morgan fingerprint density at radius 2 is 2.00 bits per heavy atom. The van der Waals surface area contributed by atoms with E-state index in [4.69, 9.17) is 0 Å². The minimum absolute atomic E-state index is 1.01. The molecule has 0 bridgehead atoms. The number of hydrogen-bond donors (Lipinski definition) is 0. The number of nitrogens with zero attached hydrogens (tertiary/aromatic N) is 2.